The summed E-state index contributed by atoms with van der Waals surface area (Å²) in [4.78, 5) is 12.2. The molecule has 0 amide bonds. The molecule has 0 aliphatic heterocycles. The van der Waals surface area contributed by atoms with E-state index in [0.29, 0.717) is 16.9 Å². The number of anilines is 2. The first-order chi connectivity index (χ1) is 10.8. The van der Waals surface area contributed by atoms with Crippen molar-refractivity contribution in [2.75, 3.05) is 11.1 Å². The van der Waals surface area contributed by atoms with E-state index >= 15 is 0 Å². The van der Waals surface area contributed by atoms with E-state index in [2.05, 4.69) is 20.3 Å². The van der Waals surface area contributed by atoms with Crippen molar-refractivity contribution in [3.63, 3.8) is 0 Å². The predicted molar refractivity (Wildman–Crippen MR) is 88.9 cm³/mol. The third-order valence-corrected chi connectivity index (χ3v) is 4.04. The van der Waals surface area contributed by atoms with Gasteiger partial charge in [0.1, 0.15) is 0 Å². The predicted octanol–water partition coefficient (Wildman–Crippen LogP) is 3.88. The molecule has 0 bridgehead atoms. The second kappa shape index (κ2) is 5.92. The van der Waals surface area contributed by atoms with Crippen molar-refractivity contribution < 1.29 is 4.39 Å². The first-order valence-corrected chi connectivity index (χ1v) is 7.93. The summed E-state index contributed by atoms with van der Waals surface area (Å²) in [6.45, 7) is 2.78. The Kier molecular flexibility index (Phi) is 4.10. The summed E-state index contributed by atoms with van der Waals surface area (Å²) in [6, 6.07) is 7.70. The molecule has 1 unspecified atom stereocenters. The van der Waals surface area contributed by atoms with Gasteiger partial charge in [-0.1, -0.05) is 23.7 Å². The fourth-order valence-electron chi connectivity index (χ4n) is 2.43. The van der Waals surface area contributed by atoms with Crippen LogP contribution in [-0.4, -0.2) is 15.0 Å². The van der Waals surface area contributed by atoms with Gasteiger partial charge >= 0.3 is 0 Å². The van der Waals surface area contributed by atoms with Crippen molar-refractivity contribution >= 4 is 23.5 Å². The van der Waals surface area contributed by atoms with Gasteiger partial charge in [-0.15, -0.1) is 0 Å². The highest BCUT2D eigenvalue weighted by Gasteiger charge is 2.33. The monoisotopic (exact) mass is 335 g/mol. The van der Waals surface area contributed by atoms with Crippen molar-refractivity contribution in [2.24, 2.45) is 5.92 Å². The lowest BCUT2D eigenvalue weighted by molar-refractivity contribution is 0.206. The molecule has 1 atom stereocenters. The molecule has 1 heterocycles. The molecule has 0 radical (unpaired) electrons. The highest BCUT2D eigenvalue weighted by atomic mass is 35.5. The largest absolute Gasteiger partial charge is 0.368 e. The number of aromatic nitrogens is 3. The highest BCUT2D eigenvalue weighted by molar-refractivity contribution is 6.30. The van der Waals surface area contributed by atoms with E-state index in [-0.39, 0.29) is 17.8 Å². The van der Waals surface area contributed by atoms with E-state index in [1.165, 1.54) is 13.8 Å². The second-order valence-electron chi connectivity index (χ2n) is 6.32. The molecule has 5 nitrogen and oxygen atoms in total. The van der Waals surface area contributed by atoms with E-state index in [4.69, 9.17) is 17.3 Å². The van der Waals surface area contributed by atoms with Crippen LogP contribution in [0.4, 0.5) is 16.3 Å². The molecular weight excluding hydrogens is 317 g/mol. The number of benzene rings is 1. The Balaban J connectivity index is 1.89. The van der Waals surface area contributed by atoms with Gasteiger partial charge in [0.2, 0.25) is 11.9 Å². The van der Waals surface area contributed by atoms with Crippen LogP contribution in [0.2, 0.25) is 5.02 Å². The van der Waals surface area contributed by atoms with Gasteiger partial charge in [0, 0.05) is 5.02 Å². The van der Waals surface area contributed by atoms with Gasteiger partial charge in [-0.3, -0.25) is 0 Å². The molecule has 1 fully saturated rings. The summed E-state index contributed by atoms with van der Waals surface area (Å²) in [7, 11) is 0. The SMILES string of the molecule is CC(C)(F)c1nc(N)nc(NC(c2ccc(Cl)cc2)C2CC2)n1. The van der Waals surface area contributed by atoms with Crippen LogP contribution in [0.1, 0.15) is 44.1 Å². The smallest absolute Gasteiger partial charge is 0.228 e. The van der Waals surface area contributed by atoms with Crippen molar-refractivity contribution in [3.05, 3.63) is 40.7 Å². The van der Waals surface area contributed by atoms with Crippen LogP contribution < -0.4 is 11.1 Å². The van der Waals surface area contributed by atoms with Gasteiger partial charge in [0.25, 0.3) is 0 Å². The minimum absolute atomic E-state index is 0.00822. The van der Waals surface area contributed by atoms with Crippen LogP contribution in [0, 0.1) is 5.92 Å². The topological polar surface area (TPSA) is 76.7 Å². The van der Waals surface area contributed by atoms with Gasteiger partial charge in [0.15, 0.2) is 11.5 Å². The highest BCUT2D eigenvalue weighted by Crippen LogP contribution is 2.42. The third kappa shape index (κ3) is 3.88. The molecule has 122 valence electrons. The maximum absolute atomic E-state index is 14.1. The molecule has 7 heteroatoms. The number of nitrogen functional groups attached to an aromatic ring is 1. The number of nitrogens with zero attached hydrogens (tertiary/aromatic N) is 3. The van der Waals surface area contributed by atoms with E-state index < -0.39 is 5.67 Å². The molecular formula is C16H19ClFN5. The Bertz CT molecular complexity index is 695. The average Bonchev–Trinajstić information content (AvgIpc) is 3.29. The van der Waals surface area contributed by atoms with Gasteiger partial charge in [-0.05, 0) is 50.3 Å². The zero-order valence-corrected chi connectivity index (χ0v) is 13.8. The van der Waals surface area contributed by atoms with Gasteiger partial charge in [0.05, 0.1) is 6.04 Å². The summed E-state index contributed by atoms with van der Waals surface area (Å²) in [5.74, 6) is 0.827. The normalized spacial score (nSPS) is 16.2. The molecule has 1 aliphatic rings. The number of nitrogens with one attached hydrogen (secondary N) is 1. The Morgan fingerprint density at radius 3 is 2.43 bits per heavy atom. The zero-order valence-electron chi connectivity index (χ0n) is 13.1. The molecule has 1 aliphatic carbocycles. The quantitative estimate of drug-likeness (QED) is 0.867. The van der Waals surface area contributed by atoms with Crippen molar-refractivity contribution in [1.82, 2.24) is 15.0 Å². The molecule has 1 aromatic heterocycles. The molecule has 3 N–H and O–H groups in total. The lowest BCUT2D eigenvalue weighted by Gasteiger charge is -2.20. The average molecular weight is 336 g/mol. The first-order valence-electron chi connectivity index (χ1n) is 7.56. The van der Waals surface area contributed by atoms with Gasteiger partial charge in [-0.2, -0.15) is 15.0 Å². The van der Waals surface area contributed by atoms with Crippen LogP contribution in [0.15, 0.2) is 24.3 Å². The minimum Gasteiger partial charge on any atom is -0.368 e. The lowest BCUT2D eigenvalue weighted by atomic mass is 10.0. The number of hydrogen-bond acceptors (Lipinski definition) is 5. The fourth-order valence-corrected chi connectivity index (χ4v) is 2.56. The second-order valence-corrected chi connectivity index (χ2v) is 6.76. The molecule has 2 aromatic rings. The van der Waals surface area contributed by atoms with E-state index in [1.807, 2.05) is 24.3 Å². The Hall–Kier alpha value is -1.95. The Morgan fingerprint density at radius 1 is 1.22 bits per heavy atom. The number of rotatable bonds is 5. The molecule has 1 saturated carbocycles. The van der Waals surface area contributed by atoms with Crippen LogP contribution in [0.25, 0.3) is 0 Å². The molecule has 0 saturated heterocycles. The Morgan fingerprint density at radius 2 is 1.87 bits per heavy atom. The number of nitrogens with two attached hydrogens (primary N) is 1. The maximum Gasteiger partial charge on any atom is 0.228 e. The van der Waals surface area contributed by atoms with E-state index in [0.717, 1.165) is 18.4 Å². The molecule has 23 heavy (non-hydrogen) atoms. The lowest BCUT2D eigenvalue weighted by Crippen LogP contribution is -2.21. The zero-order chi connectivity index (χ0) is 16.6. The molecule has 1 aromatic carbocycles. The Labute approximate surface area is 139 Å². The van der Waals surface area contributed by atoms with Crippen molar-refractivity contribution in [3.8, 4) is 0 Å². The van der Waals surface area contributed by atoms with Crippen molar-refractivity contribution in [1.29, 1.82) is 0 Å². The van der Waals surface area contributed by atoms with Crippen LogP contribution in [0.3, 0.4) is 0 Å². The van der Waals surface area contributed by atoms with Crippen LogP contribution in [0.5, 0.6) is 0 Å². The maximum atomic E-state index is 14.1. The molecule has 0 spiro atoms. The summed E-state index contributed by atoms with van der Waals surface area (Å²) in [5.41, 5.74) is 5.11. The number of hydrogen-bond donors (Lipinski definition) is 2. The third-order valence-electron chi connectivity index (χ3n) is 3.79. The number of halogens is 2. The summed E-state index contributed by atoms with van der Waals surface area (Å²) in [5, 5.41) is 3.97. The summed E-state index contributed by atoms with van der Waals surface area (Å²) in [6.07, 6.45) is 2.25. The summed E-state index contributed by atoms with van der Waals surface area (Å²) < 4.78 is 14.1. The standard InChI is InChI=1S/C16H19ClFN5/c1-16(2,18)13-21-14(19)23-15(22-13)20-12(9-3-4-9)10-5-7-11(17)8-6-10/h5-9,12H,3-4H2,1-2H3,(H3,19,20,21,22,23). The van der Waals surface area contributed by atoms with Crippen molar-refractivity contribution in [2.45, 2.75) is 38.4 Å². The first kappa shape index (κ1) is 15.9. The van der Waals surface area contributed by atoms with E-state index in [9.17, 15) is 4.39 Å². The molecule has 3 rings (SSSR count). The van der Waals surface area contributed by atoms with Gasteiger partial charge in [-0.25, -0.2) is 4.39 Å². The van der Waals surface area contributed by atoms with E-state index in [1.54, 1.807) is 0 Å². The summed E-state index contributed by atoms with van der Waals surface area (Å²) >= 11 is 5.95. The minimum atomic E-state index is -1.68. The fraction of sp³-hybridized carbons (Fsp3) is 0.438. The van der Waals surface area contributed by atoms with Crippen LogP contribution in [-0.2, 0) is 5.67 Å². The number of alkyl halides is 1. The van der Waals surface area contributed by atoms with Crippen LogP contribution >= 0.6 is 11.6 Å². The van der Waals surface area contributed by atoms with Gasteiger partial charge < -0.3 is 11.1 Å².